The molecule has 0 aliphatic carbocycles. The smallest absolute Gasteiger partial charge is 0.272 e. The molecule has 0 spiro atoms. The number of amides is 2. The third-order valence-electron chi connectivity index (χ3n) is 0.709. The molecule has 0 aromatic carbocycles. The van der Waals surface area contributed by atoms with Crippen molar-refractivity contribution in [2.75, 3.05) is 13.2 Å². The molecule has 0 unspecified atom stereocenters. The lowest BCUT2D eigenvalue weighted by molar-refractivity contribution is -0.234. The maximum Gasteiger partial charge on any atom is 0.483 e. The molecule has 0 fully saturated rings. The molecule has 80 valence electrons. The second-order valence-electron chi connectivity index (χ2n) is 1.71. The Labute approximate surface area is 79.6 Å². The Balaban J connectivity index is 3.68. The van der Waals surface area contributed by atoms with E-state index in [4.69, 9.17) is 0 Å². The zero-order chi connectivity index (χ0) is 10.8. The molecule has 2 amide bonds. The molecule has 8 heteroatoms. The Kier molecular flexibility index (Phi) is 7.19. The van der Waals surface area contributed by atoms with Crippen LogP contribution in [-0.2, 0) is 19.6 Å². The predicted molar refractivity (Wildman–Crippen MR) is 41.1 cm³/mol. The number of carbonyl (C=O) groups is 2. The van der Waals surface area contributed by atoms with E-state index in [2.05, 4.69) is 29.8 Å². The second kappa shape index (κ2) is 8.08. The Morgan fingerprint density at radius 1 is 0.929 bits per heavy atom. The first-order valence-electron chi connectivity index (χ1n) is 3.79. The van der Waals surface area contributed by atoms with E-state index in [0.29, 0.717) is 0 Å². The second-order valence-corrected chi connectivity index (χ2v) is 1.71. The summed E-state index contributed by atoms with van der Waals surface area (Å²) >= 11 is 0. The van der Waals surface area contributed by atoms with Gasteiger partial charge in [-0.1, -0.05) is 10.2 Å². The average molecular weight is 206 g/mol. The van der Waals surface area contributed by atoms with Gasteiger partial charge in [0.2, 0.25) is 0 Å². The zero-order valence-electron chi connectivity index (χ0n) is 7.76. The summed E-state index contributed by atoms with van der Waals surface area (Å²) in [6.07, 6.45) is -2.31. The van der Waals surface area contributed by atoms with Crippen molar-refractivity contribution < 1.29 is 29.1 Å². The zero-order valence-corrected chi connectivity index (χ0v) is 7.76. The SMILES string of the molecule is CCOOC(=O)N=NC(=O)OOCC. The fourth-order valence-corrected chi connectivity index (χ4v) is 0.334. The van der Waals surface area contributed by atoms with E-state index >= 15 is 0 Å². The van der Waals surface area contributed by atoms with Gasteiger partial charge in [-0.2, -0.15) is 9.78 Å². The Hall–Kier alpha value is -1.54. The van der Waals surface area contributed by atoms with Crippen molar-refractivity contribution in [2.24, 2.45) is 10.2 Å². The number of azo groups is 1. The van der Waals surface area contributed by atoms with E-state index in [1.54, 1.807) is 13.8 Å². The summed E-state index contributed by atoms with van der Waals surface area (Å²) < 4.78 is 0. The summed E-state index contributed by atoms with van der Waals surface area (Å²) in [7, 11) is 0. The maximum atomic E-state index is 10.5. The van der Waals surface area contributed by atoms with Crippen LogP contribution in [0.4, 0.5) is 9.59 Å². The van der Waals surface area contributed by atoms with Crippen molar-refractivity contribution >= 4 is 12.2 Å². The molecule has 0 aromatic heterocycles. The van der Waals surface area contributed by atoms with Gasteiger partial charge >= 0.3 is 12.2 Å². The summed E-state index contributed by atoms with van der Waals surface area (Å²) in [5.74, 6) is 0. The third-order valence-corrected chi connectivity index (χ3v) is 0.709. The molecule has 0 rings (SSSR count). The summed E-state index contributed by atoms with van der Waals surface area (Å²) in [4.78, 5) is 37.5. The van der Waals surface area contributed by atoms with Gasteiger partial charge in [0, 0.05) is 0 Å². The minimum absolute atomic E-state index is 0.171. The minimum Gasteiger partial charge on any atom is -0.272 e. The molecule has 0 radical (unpaired) electrons. The third kappa shape index (κ3) is 7.13. The van der Waals surface area contributed by atoms with Crippen molar-refractivity contribution in [3.05, 3.63) is 0 Å². The largest absolute Gasteiger partial charge is 0.483 e. The molecule has 0 saturated carbocycles. The molecular weight excluding hydrogens is 196 g/mol. The van der Waals surface area contributed by atoms with Crippen LogP contribution in [0, 0.1) is 0 Å². The van der Waals surface area contributed by atoms with Crippen LogP contribution in [0.2, 0.25) is 0 Å². The molecule has 0 N–H and O–H groups in total. The van der Waals surface area contributed by atoms with E-state index in [1.807, 2.05) is 0 Å². The van der Waals surface area contributed by atoms with Crippen molar-refractivity contribution in [2.45, 2.75) is 13.8 Å². The molecule has 0 aliphatic heterocycles. The fraction of sp³-hybridized carbons (Fsp3) is 0.667. The first-order valence-corrected chi connectivity index (χ1v) is 3.79. The first kappa shape index (κ1) is 12.5. The average Bonchev–Trinajstić information content (AvgIpc) is 2.20. The van der Waals surface area contributed by atoms with Crippen LogP contribution < -0.4 is 0 Å². The lowest BCUT2D eigenvalue weighted by Gasteiger charge is -1.95. The van der Waals surface area contributed by atoms with E-state index in [1.165, 1.54) is 0 Å². The number of hydrogen-bond donors (Lipinski definition) is 0. The van der Waals surface area contributed by atoms with E-state index in [-0.39, 0.29) is 13.2 Å². The van der Waals surface area contributed by atoms with Crippen LogP contribution in [0.5, 0.6) is 0 Å². The van der Waals surface area contributed by atoms with Crippen molar-refractivity contribution in [1.82, 2.24) is 0 Å². The van der Waals surface area contributed by atoms with E-state index in [9.17, 15) is 9.59 Å². The summed E-state index contributed by atoms with van der Waals surface area (Å²) in [6.45, 7) is 3.55. The highest BCUT2D eigenvalue weighted by Gasteiger charge is 2.04. The highest BCUT2D eigenvalue weighted by Crippen LogP contribution is 1.91. The van der Waals surface area contributed by atoms with Crippen LogP contribution >= 0.6 is 0 Å². The molecular formula is C6H10N2O6. The first-order chi connectivity index (χ1) is 6.70. The van der Waals surface area contributed by atoms with Crippen LogP contribution in [-0.4, -0.2) is 25.4 Å². The van der Waals surface area contributed by atoms with Gasteiger partial charge in [0.1, 0.15) is 0 Å². The monoisotopic (exact) mass is 206 g/mol. The summed E-state index contributed by atoms with van der Waals surface area (Å²) in [6, 6.07) is 0. The predicted octanol–water partition coefficient (Wildman–Crippen LogP) is 1.61. The van der Waals surface area contributed by atoms with E-state index < -0.39 is 12.2 Å². The molecule has 0 atom stereocenters. The summed E-state index contributed by atoms with van der Waals surface area (Å²) in [5, 5.41) is 5.60. The van der Waals surface area contributed by atoms with Gasteiger partial charge in [-0.15, -0.1) is 0 Å². The lowest BCUT2D eigenvalue weighted by Crippen LogP contribution is -2.02. The van der Waals surface area contributed by atoms with Crippen LogP contribution in [0.25, 0.3) is 0 Å². The molecule has 0 heterocycles. The van der Waals surface area contributed by atoms with Crippen LogP contribution in [0.3, 0.4) is 0 Å². The number of rotatable bonds is 4. The Morgan fingerprint density at radius 3 is 1.57 bits per heavy atom. The maximum absolute atomic E-state index is 10.5. The lowest BCUT2D eigenvalue weighted by atomic mass is 10.9. The van der Waals surface area contributed by atoms with Crippen molar-refractivity contribution in [1.29, 1.82) is 0 Å². The molecule has 0 aliphatic rings. The van der Waals surface area contributed by atoms with Gasteiger partial charge in [-0.25, -0.2) is 9.59 Å². The van der Waals surface area contributed by atoms with Gasteiger partial charge < -0.3 is 0 Å². The minimum atomic E-state index is -1.15. The quantitative estimate of drug-likeness (QED) is 0.394. The molecule has 0 bridgehead atoms. The van der Waals surface area contributed by atoms with Crippen LogP contribution in [0.15, 0.2) is 10.2 Å². The van der Waals surface area contributed by atoms with Gasteiger partial charge in [-0.05, 0) is 13.8 Å². The highest BCUT2D eigenvalue weighted by atomic mass is 17.2. The Morgan fingerprint density at radius 2 is 1.29 bits per heavy atom. The van der Waals surface area contributed by atoms with Gasteiger partial charge in [0.15, 0.2) is 0 Å². The molecule has 8 nitrogen and oxygen atoms in total. The van der Waals surface area contributed by atoms with E-state index in [0.717, 1.165) is 0 Å². The number of hydrogen-bond acceptors (Lipinski definition) is 6. The molecule has 0 saturated heterocycles. The van der Waals surface area contributed by atoms with Gasteiger partial charge in [0.25, 0.3) is 0 Å². The highest BCUT2D eigenvalue weighted by molar-refractivity contribution is 5.72. The normalized spacial score (nSPS) is 10.1. The number of carbonyl (C=O) groups excluding carboxylic acids is 2. The van der Waals surface area contributed by atoms with Crippen LogP contribution in [0.1, 0.15) is 13.8 Å². The molecule has 0 aromatic rings. The van der Waals surface area contributed by atoms with Gasteiger partial charge in [-0.3, -0.25) is 9.78 Å². The van der Waals surface area contributed by atoms with Crippen molar-refractivity contribution in [3.8, 4) is 0 Å². The topological polar surface area (TPSA) is 95.8 Å². The summed E-state index contributed by atoms with van der Waals surface area (Å²) in [5.41, 5.74) is 0. The number of nitrogens with zero attached hydrogens (tertiary/aromatic N) is 2. The standard InChI is InChI=1S/C6H10N2O6/c1-3-11-13-5(9)7-8-6(10)14-12-4-2/h3-4H2,1-2H3. The fourth-order valence-electron chi connectivity index (χ4n) is 0.334. The molecule has 14 heavy (non-hydrogen) atoms. The van der Waals surface area contributed by atoms with Gasteiger partial charge in [0.05, 0.1) is 13.2 Å². The van der Waals surface area contributed by atoms with Crippen molar-refractivity contribution in [3.63, 3.8) is 0 Å². The Bertz CT molecular complexity index is 194.